The molecule has 2 N–H and O–H groups in total. The van der Waals surface area contributed by atoms with Crippen LogP contribution in [0, 0.1) is 34.5 Å². The molecule has 0 spiro atoms. The van der Waals surface area contributed by atoms with Gasteiger partial charge >= 0.3 is 6.03 Å². The van der Waals surface area contributed by atoms with Crippen LogP contribution in [0.1, 0.15) is 95.8 Å². The van der Waals surface area contributed by atoms with Gasteiger partial charge in [-0.3, -0.25) is 19.2 Å². The number of carbonyl (C=O) groups is 5. The first kappa shape index (κ1) is 27.8. The van der Waals surface area contributed by atoms with Crippen LogP contribution in [-0.2, 0) is 19.2 Å². The lowest BCUT2D eigenvalue weighted by Crippen LogP contribution is -2.60. The van der Waals surface area contributed by atoms with Crippen molar-refractivity contribution in [3.8, 4) is 0 Å². The van der Waals surface area contributed by atoms with E-state index >= 15 is 0 Å². The van der Waals surface area contributed by atoms with E-state index in [4.69, 9.17) is 1.37 Å². The predicted molar refractivity (Wildman–Crippen MR) is 142 cm³/mol. The zero-order valence-electron chi connectivity index (χ0n) is 25.1. The number of hydrogen-bond donors (Lipinski definition) is 2. The van der Waals surface area contributed by atoms with E-state index in [1.165, 1.54) is 0 Å². The number of nitrogens with one attached hydrogen (secondary N) is 2. The highest BCUT2D eigenvalue weighted by Gasteiger charge is 2.69. The molecule has 0 unspecified atom stereocenters. The molecule has 37 heavy (non-hydrogen) atoms. The van der Waals surface area contributed by atoms with E-state index in [2.05, 4.69) is 24.5 Å². The summed E-state index contributed by atoms with van der Waals surface area (Å²) in [6.07, 6.45) is 2.61. The first-order valence-corrected chi connectivity index (χ1v) is 13.7. The standard InChI is InChI=1S/C29H47N3O5/c1-16(33)23(35)18(13-17-11-10-12-17)14-20(34)22-21-19(29(21,8)9)15-32(22)25(36)24(27(2,3)4)30-26(37)31-28(5,6)7/h17-19,21-22,24H,10-15H2,1-9H3,(H2,30,31,37)/t18-,19+,21+,22-,24-/m1/s1/i18D. The minimum atomic E-state index is -1.81. The third-order valence-corrected chi connectivity index (χ3v) is 8.49. The van der Waals surface area contributed by atoms with E-state index in [1.807, 2.05) is 41.5 Å². The first-order chi connectivity index (χ1) is 17.2. The van der Waals surface area contributed by atoms with E-state index in [1.54, 1.807) is 4.90 Å². The molecule has 8 heteroatoms. The number of hydrogen-bond acceptors (Lipinski definition) is 5. The van der Waals surface area contributed by atoms with Gasteiger partial charge in [0.25, 0.3) is 0 Å². The maximum atomic E-state index is 14.0. The van der Waals surface area contributed by atoms with Gasteiger partial charge in [0.1, 0.15) is 6.04 Å². The van der Waals surface area contributed by atoms with Crippen molar-refractivity contribution >= 4 is 29.3 Å². The summed E-state index contributed by atoms with van der Waals surface area (Å²) in [5.41, 5.74) is -1.26. The summed E-state index contributed by atoms with van der Waals surface area (Å²) in [6, 6.07) is -2.13. The summed E-state index contributed by atoms with van der Waals surface area (Å²) in [4.78, 5) is 67.1. The number of piperidine rings is 1. The van der Waals surface area contributed by atoms with Crippen molar-refractivity contribution in [1.29, 1.82) is 0 Å². The lowest BCUT2D eigenvalue weighted by molar-refractivity contribution is -0.144. The molecular formula is C29H47N3O5. The zero-order chi connectivity index (χ0) is 29.0. The minimum absolute atomic E-state index is 0.0802. The Hall–Kier alpha value is -2.25. The quantitative estimate of drug-likeness (QED) is 0.450. The number of likely N-dealkylation sites (tertiary alicyclic amines) is 1. The molecule has 8 nitrogen and oxygen atoms in total. The molecule has 208 valence electrons. The smallest absolute Gasteiger partial charge is 0.315 e. The van der Waals surface area contributed by atoms with Crippen LogP contribution < -0.4 is 10.6 Å². The average Bonchev–Trinajstić information content (AvgIpc) is 3.06. The molecule has 1 saturated heterocycles. The van der Waals surface area contributed by atoms with Crippen LogP contribution in [0.5, 0.6) is 0 Å². The molecule has 0 radical (unpaired) electrons. The third-order valence-electron chi connectivity index (χ3n) is 8.49. The topological polar surface area (TPSA) is 113 Å². The maximum Gasteiger partial charge on any atom is 0.315 e. The molecule has 3 rings (SSSR count). The fourth-order valence-corrected chi connectivity index (χ4v) is 6.06. The molecule has 1 heterocycles. The molecule has 3 fully saturated rings. The molecule has 2 aliphatic carbocycles. The second-order valence-corrected chi connectivity index (χ2v) is 14.2. The van der Waals surface area contributed by atoms with Crippen LogP contribution in [0.4, 0.5) is 4.79 Å². The summed E-state index contributed by atoms with van der Waals surface area (Å²) in [5, 5.41) is 5.67. The summed E-state index contributed by atoms with van der Waals surface area (Å²) in [7, 11) is 0. The Morgan fingerprint density at radius 2 is 1.65 bits per heavy atom. The zero-order valence-corrected chi connectivity index (χ0v) is 24.1. The number of fused-ring (bicyclic) bond motifs is 1. The van der Waals surface area contributed by atoms with Gasteiger partial charge in [-0.2, -0.15) is 0 Å². The average molecular weight is 519 g/mol. The fraction of sp³-hybridized carbons (Fsp3) is 0.828. The fourth-order valence-electron chi connectivity index (χ4n) is 6.06. The normalized spacial score (nSPS) is 27.6. The molecule has 3 amide bonds. The maximum absolute atomic E-state index is 14.0. The lowest BCUT2D eigenvalue weighted by Gasteiger charge is -2.38. The Morgan fingerprint density at radius 3 is 2.11 bits per heavy atom. The van der Waals surface area contributed by atoms with Crippen LogP contribution in [-0.4, -0.2) is 58.4 Å². The third kappa shape index (κ3) is 6.43. The number of rotatable bonds is 9. The number of ketones is 3. The van der Waals surface area contributed by atoms with Gasteiger partial charge in [0.2, 0.25) is 11.7 Å². The van der Waals surface area contributed by atoms with Gasteiger partial charge < -0.3 is 15.5 Å². The number of carbonyl (C=O) groups excluding carboxylic acids is 5. The Bertz CT molecular complexity index is 1010. The highest BCUT2D eigenvalue weighted by molar-refractivity contribution is 6.37. The van der Waals surface area contributed by atoms with E-state index in [0.29, 0.717) is 6.54 Å². The number of amides is 3. The molecule has 0 aromatic rings. The van der Waals surface area contributed by atoms with E-state index in [-0.39, 0.29) is 47.7 Å². The second kappa shape index (κ2) is 10.1. The Kier molecular flexibility index (Phi) is 7.61. The van der Waals surface area contributed by atoms with Gasteiger partial charge in [0, 0.05) is 32.7 Å². The molecular weight excluding hydrogens is 470 g/mol. The summed E-state index contributed by atoms with van der Waals surface area (Å²) in [5.74, 6) is -3.82. The number of urea groups is 1. The number of Topliss-reactive ketones (excluding diaryl/α,β-unsaturated/α-hetero) is 3. The van der Waals surface area contributed by atoms with Crippen molar-refractivity contribution in [2.24, 2.45) is 34.5 Å². The lowest BCUT2D eigenvalue weighted by atomic mass is 9.75. The minimum Gasteiger partial charge on any atom is -0.334 e. The van der Waals surface area contributed by atoms with Crippen molar-refractivity contribution in [2.75, 3.05) is 6.54 Å². The number of nitrogens with zero attached hydrogens (tertiary/aromatic N) is 1. The summed E-state index contributed by atoms with van der Waals surface area (Å²) >= 11 is 0. The van der Waals surface area contributed by atoms with Crippen molar-refractivity contribution in [2.45, 2.75) is 112 Å². The van der Waals surface area contributed by atoms with Gasteiger partial charge in [-0.25, -0.2) is 4.79 Å². The van der Waals surface area contributed by atoms with Gasteiger partial charge in [-0.15, -0.1) is 0 Å². The molecule has 0 aromatic heterocycles. The molecule has 1 aliphatic heterocycles. The Morgan fingerprint density at radius 1 is 1.05 bits per heavy atom. The van der Waals surface area contributed by atoms with Crippen LogP contribution >= 0.6 is 0 Å². The highest BCUT2D eigenvalue weighted by Crippen LogP contribution is 2.65. The second-order valence-electron chi connectivity index (χ2n) is 14.2. The van der Waals surface area contributed by atoms with Crippen molar-refractivity contribution in [3.05, 3.63) is 0 Å². The largest absolute Gasteiger partial charge is 0.334 e. The van der Waals surface area contributed by atoms with E-state index in [0.717, 1.165) is 26.2 Å². The monoisotopic (exact) mass is 518 g/mol. The van der Waals surface area contributed by atoms with Crippen molar-refractivity contribution in [3.63, 3.8) is 0 Å². The van der Waals surface area contributed by atoms with E-state index in [9.17, 15) is 24.0 Å². The summed E-state index contributed by atoms with van der Waals surface area (Å²) < 4.78 is 8.97. The van der Waals surface area contributed by atoms with Crippen LogP contribution in [0.25, 0.3) is 0 Å². The molecule has 0 aromatic carbocycles. The van der Waals surface area contributed by atoms with Crippen LogP contribution in [0.15, 0.2) is 0 Å². The molecule has 5 atom stereocenters. The predicted octanol–water partition coefficient (Wildman–Crippen LogP) is 3.91. The highest BCUT2D eigenvalue weighted by atomic mass is 16.2. The Balaban J connectivity index is 1.88. The van der Waals surface area contributed by atoms with Gasteiger partial charge in [-0.05, 0) is 55.8 Å². The Labute approximate surface area is 223 Å². The van der Waals surface area contributed by atoms with Crippen LogP contribution in [0.2, 0.25) is 0 Å². The first-order valence-electron chi connectivity index (χ1n) is 14.2. The molecule has 0 bridgehead atoms. The molecule has 2 saturated carbocycles. The SMILES string of the molecule is [2H][C@](CC(=O)[C@@H]1[C@@H]2[C@H](CN1C(=O)[C@@H](NC(=O)NC(C)(C)C)C(C)(C)C)C2(C)C)(CC1CCC1)C(=O)C(C)=O. The van der Waals surface area contributed by atoms with Crippen molar-refractivity contribution < 1.29 is 25.3 Å². The van der Waals surface area contributed by atoms with Gasteiger partial charge in [0.15, 0.2) is 11.6 Å². The van der Waals surface area contributed by atoms with E-state index < -0.39 is 46.5 Å². The van der Waals surface area contributed by atoms with Gasteiger partial charge in [-0.1, -0.05) is 53.9 Å². The molecule has 3 aliphatic rings. The van der Waals surface area contributed by atoms with Crippen LogP contribution in [0.3, 0.4) is 0 Å². The summed E-state index contributed by atoms with van der Waals surface area (Å²) in [6.45, 7) is 16.8. The van der Waals surface area contributed by atoms with Gasteiger partial charge in [0.05, 0.1) is 6.04 Å². The van der Waals surface area contributed by atoms with Crippen molar-refractivity contribution in [1.82, 2.24) is 15.5 Å².